The largest absolute Gasteiger partial charge is 0.255 e. The lowest BCUT2D eigenvalue weighted by atomic mass is 10.1. The molecule has 4 rings (SSSR count). The van der Waals surface area contributed by atoms with Crippen LogP contribution in [-0.4, -0.2) is 9.97 Å². The van der Waals surface area contributed by atoms with Crippen molar-refractivity contribution in [2.75, 3.05) is 0 Å². The Morgan fingerprint density at radius 3 is 1.23 bits per heavy atom. The molecule has 0 spiro atoms. The standard InChI is InChI=1S/C28H24N2/c1-21-3-7-23(8-4-21)11-13-25-15-17-29-27(19-25)28-20-26(16-18-30-28)14-12-24-9-5-22(2)6-10-24/h3-20H,1-2H3. The van der Waals surface area contributed by atoms with Gasteiger partial charge < -0.3 is 0 Å². The molecule has 0 unspecified atom stereocenters. The maximum Gasteiger partial charge on any atom is 0.0892 e. The van der Waals surface area contributed by atoms with Crippen LogP contribution in [0.4, 0.5) is 0 Å². The van der Waals surface area contributed by atoms with Crippen molar-refractivity contribution in [2.45, 2.75) is 13.8 Å². The number of benzene rings is 2. The van der Waals surface area contributed by atoms with Crippen molar-refractivity contribution in [3.63, 3.8) is 0 Å². The minimum Gasteiger partial charge on any atom is -0.255 e. The molecule has 2 heterocycles. The van der Waals surface area contributed by atoms with E-state index in [1.54, 1.807) is 0 Å². The summed E-state index contributed by atoms with van der Waals surface area (Å²) in [5.74, 6) is 0. The lowest BCUT2D eigenvalue weighted by Gasteiger charge is -2.03. The Morgan fingerprint density at radius 1 is 0.467 bits per heavy atom. The van der Waals surface area contributed by atoms with Gasteiger partial charge in [0.1, 0.15) is 0 Å². The molecule has 0 saturated heterocycles. The van der Waals surface area contributed by atoms with Crippen LogP contribution in [0.2, 0.25) is 0 Å². The molecule has 0 aliphatic rings. The van der Waals surface area contributed by atoms with Gasteiger partial charge in [-0.2, -0.15) is 0 Å². The third-order valence-electron chi connectivity index (χ3n) is 4.92. The van der Waals surface area contributed by atoms with Gasteiger partial charge in [-0.15, -0.1) is 0 Å². The second-order valence-corrected chi connectivity index (χ2v) is 7.44. The molecular formula is C28H24N2. The van der Waals surface area contributed by atoms with Gasteiger partial charge >= 0.3 is 0 Å². The predicted octanol–water partition coefficient (Wildman–Crippen LogP) is 7.10. The van der Waals surface area contributed by atoms with E-state index in [1.165, 1.54) is 22.3 Å². The second-order valence-electron chi connectivity index (χ2n) is 7.44. The van der Waals surface area contributed by atoms with E-state index >= 15 is 0 Å². The molecule has 0 atom stereocenters. The predicted molar refractivity (Wildman–Crippen MR) is 128 cm³/mol. The van der Waals surface area contributed by atoms with Crippen LogP contribution in [0.5, 0.6) is 0 Å². The molecule has 4 aromatic rings. The van der Waals surface area contributed by atoms with Crippen LogP contribution in [-0.2, 0) is 0 Å². The Morgan fingerprint density at radius 2 is 0.833 bits per heavy atom. The van der Waals surface area contributed by atoms with Gasteiger partial charge in [0.25, 0.3) is 0 Å². The molecule has 0 aliphatic heterocycles. The first-order valence-corrected chi connectivity index (χ1v) is 10.1. The molecule has 0 amide bonds. The van der Waals surface area contributed by atoms with Gasteiger partial charge in [-0.25, -0.2) is 0 Å². The number of rotatable bonds is 5. The highest BCUT2D eigenvalue weighted by Crippen LogP contribution is 2.19. The van der Waals surface area contributed by atoms with Crippen molar-refractivity contribution in [1.82, 2.24) is 9.97 Å². The van der Waals surface area contributed by atoms with Crippen LogP contribution in [0.15, 0.2) is 85.2 Å². The fraction of sp³-hybridized carbons (Fsp3) is 0.0714. The molecule has 0 aliphatic carbocycles. The maximum atomic E-state index is 4.52. The Bertz CT molecular complexity index is 1090. The number of nitrogens with zero attached hydrogens (tertiary/aromatic N) is 2. The van der Waals surface area contributed by atoms with Crippen molar-refractivity contribution in [3.05, 3.63) is 119 Å². The van der Waals surface area contributed by atoms with Gasteiger partial charge in [0, 0.05) is 12.4 Å². The Hall–Kier alpha value is -3.78. The highest BCUT2D eigenvalue weighted by Gasteiger charge is 2.02. The van der Waals surface area contributed by atoms with E-state index in [4.69, 9.17) is 0 Å². The monoisotopic (exact) mass is 388 g/mol. The normalized spacial score (nSPS) is 11.4. The van der Waals surface area contributed by atoms with Crippen molar-refractivity contribution < 1.29 is 0 Å². The minimum atomic E-state index is 0.867. The topological polar surface area (TPSA) is 25.8 Å². The van der Waals surface area contributed by atoms with Crippen molar-refractivity contribution in [1.29, 1.82) is 0 Å². The van der Waals surface area contributed by atoms with Gasteiger partial charge in [-0.1, -0.05) is 84.0 Å². The summed E-state index contributed by atoms with van der Waals surface area (Å²) >= 11 is 0. The summed E-state index contributed by atoms with van der Waals surface area (Å²) in [6.07, 6.45) is 12.1. The summed E-state index contributed by atoms with van der Waals surface area (Å²) < 4.78 is 0. The Kier molecular flexibility index (Phi) is 5.95. The second kappa shape index (κ2) is 9.15. The van der Waals surface area contributed by atoms with Gasteiger partial charge in [0.15, 0.2) is 0 Å². The van der Waals surface area contributed by atoms with Crippen LogP contribution >= 0.6 is 0 Å². The van der Waals surface area contributed by atoms with E-state index in [-0.39, 0.29) is 0 Å². The molecule has 0 radical (unpaired) electrons. The van der Waals surface area contributed by atoms with E-state index in [9.17, 15) is 0 Å². The molecule has 2 aromatic carbocycles. The SMILES string of the molecule is Cc1ccc(C=Cc2ccnc(-c3cc(C=Cc4ccc(C)cc4)ccn3)c2)cc1. The van der Waals surface area contributed by atoms with Gasteiger partial charge in [0.2, 0.25) is 0 Å². The lowest BCUT2D eigenvalue weighted by molar-refractivity contribution is 1.24. The van der Waals surface area contributed by atoms with Crippen LogP contribution in [0.3, 0.4) is 0 Å². The van der Waals surface area contributed by atoms with Crippen LogP contribution in [0, 0.1) is 13.8 Å². The highest BCUT2D eigenvalue weighted by atomic mass is 14.8. The first-order valence-electron chi connectivity index (χ1n) is 10.1. The van der Waals surface area contributed by atoms with Crippen molar-refractivity contribution in [2.24, 2.45) is 0 Å². The molecule has 30 heavy (non-hydrogen) atoms. The van der Waals surface area contributed by atoms with Gasteiger partial charge in [-0.3, -0.25) is 9.97 Å². The minimum absolute atomic E-state index is 0.867. The van der Waals surface area contributed by atoms with E-state index in [2.05, 4.69) is 109 Å². The fourth-order valence-electron chi connectivity index (χ4n) is 3.12. The Labute approximate surface area is 178 Å². The zero-order valence-electron chi connectivity index (χ0n) is 17.3. The summed E-state index contributed by atoms with van der Waals surface area (Å²) in [6, 6.07) is 25.1. The number of aryl methyl sites for hydroxylation is 2. The summed E-state index contributed by atoms with van der Waals surface area (Å²) in [5, 5.41) is 0. The summed E-state index contributed by atoms with van der Waals surface area (Å²) in [6.45, 7) is 4.19. The molecule has 0 saturated carbocycles. The smallest absolute Gasteiger partial charge is 0.0892 e. The fourth-order valence-corrected chi connectivity index (χ4v) is 3.12. The van der Waals surface area contributed by atoms with Crippen molar-refractivity contribution >= 4 is 24.3 Å². The Balaban J connectivity index is 1.54. The zero-order valence-corrected chi connectivity index (χ0v) is 17.3. The number of pyridine rings is 2. The van der Waals surface area contributed by atoms with E-state index in [0.717, 1.165) is 22.5 Å². The molecule has 146 valence electrons. The molecule has 2 nitrogen and oxygen atoms in total. The van der Waals surface area contributed by atoms with Gasteiger partial charge in [-0.05, 0) is 60.4 Å². The molecule has 0 N–H and O–H groups in total. The van der Waals surface area contributed by atoms with Gasteiger partial charge in [0.05, 0.1) is 11.4 Å². The lowest BCUT2D eigenvalue weighted by Crippen LogP contribution is -1.88. The summed E-state index contributed by atoms with van der Waals surface area (Å²) in [5.41, 5.74) is 8.83. The van der Waals surface area contributed by atoms with Crippen LogP contribution < -0.4 is 0 Å². The van der Waals surface area contributed by atoms with Crippen molar-refractivity contribution in [3.8, 4) is 11.4 Å². The third-order valence-corrected chi connectivity index (χ3v) is 4.92. The van der Waals surface area contributed by atoms with E-state index < -0.39 is 0 Å². The van der Waals surface area contributed by atoms with E-state index in [0.29, 0.717) is 0 Å². The molecular weight excluding hydrogens is 364 g/mol. The summed E-state index contributed by atoms with van der Waals surface area (Å²) in [4.78, 5) is 9.05. The first-order chi connectivity index (χ1) is 14.7. The third kappa shape index (κ3) is 5.18. The van der Waals surface area contributed by atoms with Crippen LogP contribution in [0.1, 0.15) is 33.4 Å². The zero-order chi connectivity index (χ0) is 20.8. The van der Waals surface area contributed by atoms with E-state index in [1.807, 2.05) is 24.5 Å². The molecule has 2 heteroatoms. The molecule has 2 aromatic heterocycles. The maximum absolute atomic E-state index is 4.52. The number of hydrogen-bond acceptors (Lipinski definition) is 2. The quantitative estimate of drug-likeness (QED) is 0.364. The summed E-state index contributed by atoms with van der Waals surface area (Å²) in [7, 11) is 0. The average molecular weight is 389 g/mol. The number of hydrogen-bond donors (Lipinski definition) is 0. The molecule has 0 bridgehead atoms. The molecule has 0 fully saturated rings. The number of aromatic nitrogens is 2. The van der Waals surface area contributed by atoms with Crippen LogP contribution in [0.25, 0.3) is 35.7 Å². The highest BCUT2D eigenvalue weighted by molar-refractivity contribution is 5.74. The first kappa shape index (κ1) is 19.5. The average Bonchev–Trinajstić information content (AvgIpc) is 2.79.